The Morgan fingerprint density at radius 3 is 2.62 bits per heavy atom. The number of halogens is 1. The number of carbonyl (C=O) groups excluding carboxylic acids is 1. The van der Waals surface area contributed by atoms with Crippen molar-refractivity contribution >= 4 is 36.0 Å². The van der Waals surface area contributed by atoms with Crippen LogP contribution in [0.3, 0.4) is 0 Å². The van der Waals surface area contributed by atoms with Crippen molar-refractivity contribution in [2.24, 2.45) is 4.99 Å². The zero-order valence-corrected chi connectivity index (χ0v) is 20.4. The van der Waals surface area contributed by atoms with Gasteiger partial charge in [0.05, 0.1) is 11.6 Å². The molecule has 162 valence electrons. The second kappa shape index (κ2) is 14.0. The average molecular weight is 515 g/mol. The molecule has 0 fully saturated rings. The molecule has 0 spiro atoms. The summed E-state index contributed by atoms with van der Waals surface area (Å²) in [6.07, 6.45) is 2.58. The van der Waals surface area contributed by atoms with Gasteiger partial charge in [0.25, 0.3) is 0 Å². The van der Waals surface area contributed by atoms with Crippen LogP contribution in [-0.4, -0.2) is 37.3 Å². The van der Waals surface area contributed by atoms with Gasteiger partial charge in [-0.25, -0.2) is 4.79 Å². The van der Waals surface area contributed by atoms with Crippen LogP contribution in [0.2, 0.25) is 0 Å². The molecule has 0 radical (unpaired) electrons. The molecule has 1 rings (SSSR count). The van der Waals surface area contributed by atoms with Gasteiger partial charge in [0.1, 0.15) is 5.60 Å². The molecule has 1 aromatic carbocycles. The maximum absolute atomic E-state index is 11.9. The van der Waals surface area contributed by atoms with Crippen LogP contribution < -0.4 is 16.0 Å². The zero-order chi connectivity index (χ0) is 21.0. The number of nitrogens with one attached hydrogen (secondary N) is 3. The van der Waals surface area contributed by atoms with E-state index in [0.29, 0.717) is 24.6 Å². The first-order chi connectivity index (χ1) is 13.3. The maximum atomic E-state index is 11.9. The molecule has 1 amide bonds. The van der Waals surface area contributed by atoms with Gasteiger partial charge in [0, 0.05) is 26.2 Å². The van der Waals surface area contributed by atoms with E-state index in [2.05, 4.69) is 33.9 Å². The Kier molecular flexibility index (Phi) is 13.1. The Hall–Kier alpha value is -2.02. The SMILES string of the molecule is CCCCC(CNC(=O)OC(C)(C)C)NC(=NC)NCc1cccc(C#N)c1.I. The number of nitrogens with zero attached hydrogens (tertiary/aromatic N) is 2. The van der Waals surface area contributed by atoms with Gasteiger partial charge in [-0.15, -0.1) is 24.0 Å². The molecule has 29 heavy (non-hydrogen) atoms. The fourth-order valence-electron chi connectivity index (χ4n) is 2.52. The highest BCUT2D eigenvalue weighted by Gasteiger charge is 2.18. The fourth-order valence-corrected chi connectivity index (χ4v) is 2.52. The van der Waals surface area contributed by atoms with Crippen molar-refractivity contribution in [3.8, 4) is 6.07 Å². The number of nitriles is 1. The summed E-state index contributed by atoms with van der Waals surface area (Å²) in [5, 5.41) is 18.4. The third-order valence-corrected chi connectivity index (χ3v) is 3.88. The zero-order valence-electron chi connectivity index (χ0n) is 18.0. The smallest absolute Gasteiger partial charge is 0.407 e. The van der Waals surface area contributed by atoms with Crippen molar-refractivity contribution in [3.63, 3.8) is 0 Å². The van der Waals surface area contributed by atoms with Crippen LogP contribution in [0.5, 0.6) is 0 Å². The van der Waals surface area contributed by atoms with Gasteiger partial charge in [-0.05, 0) is 44.9 Å². The number of hydrogen-bond acceptors (Lipinski definition) is 4. The molecule has 0 bridgehead atoms. The van der Waals surface area contributed by atoms with Crippen molar-refractivity contribution in [3.05, 3.63) is 35.4 Å². The molecule has 1 unspecified atom stereocenters. The van der Waals surface area contributed by atoms with Gasteiger partial charge in [0.15, 0.2) is 5.96 Å². The molecule has 0 saturated carbocycles. The molecule has 0 heterocycles. The number of ether oxygens (including phenoxy) is 1. The average Bonchev–Trinajstić information content (AvgIpc) is 2.65. The van der Waals surface area contributed by atoms with Crippen molar-refractivity contribution in [2.45, 2.75) is 65.1 Å². The number of guanidine groups is 1. The normalized spacial score (nSPS) is 12.2. The molecule has 0 aliphatic rings. The number of carbonyl (C=O) groups is 1. The molecule has 0 aliphatic heterocycles. The first-order valence-corrected chi connectivity index (χ1v) is 9.70. The van der Waals surface area contributed by atoms with Crippen LogP contribution in [-0.2, 0) is 11.3 Å². The molecule has 1 atom stereocenters. The van der Waals surface area contributed by atoms with E-state index in [0.717, 1.165) is 24.8 Å². The predicted octanol–water partition coefficient (Wildman–Crippen LogP) is 3.92. The third-order valence-electron chi connectivity index (χ3n) is 3.88. The second-order valence-electron chi connectivity index (χ2n) is 7.60. The van der Waals surface area contributed by atoms with E-state index in [9.17, 15) is 4.79 Å². The van der Waals surface area contributed by atoms with Crippen LogP contribution in [0.4, 0.5) is 4.79 Å². The van der Waals surface area contributed by atoms with Crippen molar-refractivity contribution < 1.29 is 9.53 Å². The summed E-state index contributed by atoms with van der Waals surface area (Å²) in [5.41, 5.74) is 1.11. The number of hydrogen-bond donors (Lipinski definition) is 3. The molecule has 0 aromatic heterocycles. The van der Waals surface area contributed by atoms with E-state index < -0.39 is 11.7 Å². The lowest BCUT2D eigenvalue weighted by atomic mass is 10.1. The highest BCUT2D eigenvalue weighted by Crippen LogP contribution is 2.07. The van der Waals surface area contributed by atoms with Crippen LogP contribution >= 0.6 is 24.0 Å². The molecule has 8 heteroatoms. The van der Waals surface area contributed by atoms with Crippen molar-refractivity contribution in [1.29, 1.82) is 5.26 Å². The van der Waals surface area contributed by atoms with E-state index >= 15 is 0 Å². The van der Waals surface area contributed by atoms with Crippen molar-refractivity contribution in [2.75, 3.05) is 13.6 Å². The third kappa shape index (κ3) is 12.2. The quantitative estimate of drug-likeness (QED) is 0.277. The standard InChI is InChI=1S/C21H33N5O2.HI/c1-6-7-11-18(15-25-20(27)28-21(2,3)4)26-19(23-5)24-14-17-10-8-9-16(12-17)13-22;/h8-10,12,18H,6-7,11,14-15H2,1-5H3,(H,25,27)(H2,23,24,26);1H. The lowest BCUT2D eigenvalue weighted by molar-refractivity contribution is 0.0523. The van der Waals surface area contributed by atoms with E-state index in [4.69, 9.17) is 10.00 Å². The summed E-state index contributed by atoms with van der Waals surface area (Å²) in [6.45, 7) is 8.65. The number of alkyl carbamates (subject to hydrolysis) is 1. The van der Waals surface area contributed by atoms with E-state index in [1.807, 2.05) is 39.0 Å². The highest BCUT2D eigenvalue weighted by atomic mass is 127. The first-order valence-electron chi connectivity index (χ1n) is 9.70. The monoisotopic (exact) mass is 515 g/mol. The summed E-state index contributed by atoms with van der Waals surface area (Å²) in [7, 11) is 1.71. The summed E-state index contributed by atoms with van der Waals surface area (Å²) in [5.74, 6) is 0.648. The lowest BCUT2D eigenvalue weighted by Crippen LogP contribution is -2.48. The summed E-state index contributed by atoms with van der Waals surface area (Å²) in [4.78, 5) is 16.2. The van der Waals surface area contributed by atoms with Gasteiger partial charge >= 0.3 is 6.09 Å². The maximum Gasteiger partial charge on any atom is 0.407 e. The van der Waals surface area contributed by atoms with Crippen LogP contribution in [0, 0.1) is 11.3 Å². The highest BCUT2D eigenvalue weighted by molar-refractivity contribution is 14.0. The Bertz CT molecular complexity index is 695. The van der Waals surface area contributed by atoms with Gasteiger partial charge in [-0.1, -0.05) is 31.9 Å². The largest absolute Gasteiger partial charge is 0.444 e. The Morgan fingerprint density at radius 2 is 2.03 bits per heavy atom. The number of amides is 1. The molecule has 0 saturated heterocycles. The molecular weight excluding hydrogens is 481 g/mol. The number of rotatable bonds is 8. The minimum Gasteiger partial charge on any atom is -0.444 e. The summed E-state index contributed by atoms with van der Waals surface area (Å²) in [6, 6.07) is 9.62. The van der Waals surface area contributed by atoms with E-state index in [1.54, 1.807) is 13.1 Å². The lowest BCUT2D eigenvalue weighted by Gasteiger charge is -2.24. The van der Waals surface area contributed by atoms with Crippen LogP contribution in [0.25, 0.3) is 0 Å². The minimum absolute atomic E-state index is 0. The summed E-state index contributed by atoms with van der Waals surface area (Å²) < 4.78 is 5.30. The van der Waals surface area contributed by atoms with Gasteiger partial charge < -0.3 is 20.7 Å². The molecular formula is C21H34IN5O2. The molecule has 0 aliphatic carbocycles. The van der Waals surface area contributed by atoms with E-state index in [-0.39, 0.29) is 30.0 Å². The number of unbranched alkanes of at least 4 members (excludes halogenated alkanes) is 1. The molecule has 1 aromatic rings. The van der Waals surface area contributed by atoms with Crippen LogP contribution in [0.15, 0.2) is 29.3 Å². The fraction of sp³-hybridized carbons (Fsp3) is 0.571. The molecule has 7 nitrogen and oxygen atoms in total. The minimum atomic E-state index is -0.522. The van der Waals surface area contributed by atoms with E-state index in [1.165, 1.54) is 0 Å². The van der Waals surface area contributed by atoms with Gasteiger partial charge in [-0.3, -0.25) is 4.99 Å². The second-order valence-corrected chi connectivity index (χ2v) is 7.60. The Balaban J connectivity index is 0.00000784. The number of benzene rings is 1. The first kappa shape index (κ1) is 27.0. The van der Waals surface area contributed by atoms with Gasteiger partial charge in [0.2, 0.25) is 0 Å². The number of aliphatic imine (C=N–C) groups is 1. The van der Waals surface area contributed by atoms with Crippen LogP contribution in [0.1, 0.15) is 58.1 Å². The van der Waals surface area contributed by atoms with Gasteiger partial charge in [-0.2, -0.15) is 5.26 Å². The van der Waals surface area contributed by atoms with Crippen molar-refractivity contribution in [1.82, 2.24) is 16.0 Å². The molecule has 3 N–H and O–H groups in total. The topological polar surface area (TPSA) is 98.5 Å². The predicted molar refractivity (Wildman–Crippen MR) is 127 cm³/mol. The Morgan fingerprint density at radius 1 is 1.31 bits per heavy atom. The summed E-state index contributed by atoms with van der Waals surface area (Å²) >= 11 is 0. The Labute approximate surface area is 191 Å².